The number of hydrogen-bond acceptors (Lipinski definition) is 5. The lowest BCUT2D eigenvalue weighted by molar-refractivity contribution is 0.246. The summed E-state index contributed by atoms with van der Waals surface area (Å²) in [5.41, 5.74) is 1.25. The summed E-state index contributed by atoms with van der Waals surface area (Å²) in [6.07, 6.45) is 12.3. The number of hydrogen-bond donors (Lipinski definition) is 1. The monoisotopic (exact) mass is 326 g/mol. The highest BCUT2D eigenvalue weighted by Gasteiger charge is 2.21. The lowest BCUT2D eigenvalue weighted by atomic mass is 9.89. The molecule has 2 aromatic heterocycles. The van der Waals surface area contributed by atoms with Crippen LogP contribution in [0.1, 0.15) is 49.5 Å². The van der Waals surface area contributed by atoms with E-state index < -0.39 is 0 Å². The number of aromatic nitrogens is 4. The molecule has 2 aromatic rings. The van der Waals surface area contributed by atoms with E-state index in [1.54, 1.807) is 0 Å². The van der Waals surface area contributed by atoms with Gasteiger partial charge in [-0.1, -0.05) is 19.3 Å². The Bertz CT molecular complexity index is 626. The molecule has 0 spiro atoms. The van der Waals surface area contributed by atoms with Gasteiger partial charge in [0.25, 0.3) is 0 Å². The van der Waals surface area contributed by atoms with Crippen LogP contribution in [0.3, 0.4) is 0 Å². The quantitative estimate of drug-likeness (QED) is 0.936. The van der Waals surface area contributed by atoms with Gasteiger partial charge in [0.05, 0.1) is 0 Å². The average molecular weight is 326 g/mol. The minimum atomic E-state index is 0.652. The maximum Gasteiger partial charge on any atom is 0.225 e. The summed E-state index contributed by atoms with van der Waals surface area (Å²) < 4.78 is 0. The summed E-state index contributed by atoms with van der Waals surface area (Å²) in [6, 6.07) is 1.86. The van der Waals surface area contributed by atoms with Crippen molar-refractivity contribution in [3.63, 3.8) is 0 Å². The molecule has 2 fully saturated rings. The SMILES string of the molecule is c1cnc(N2CCN(Cc3cnc(C4CCCCC4)[nH]3)CC2)nc1. The largest absolute Gasteiger partial charge is 0.345 e. The van der Waals surface area contributed by atoms with Gasteiger partial charge in [-0.25, -0.2) is 15.0 Å². The highest BCUT2D eigenvalue weighted by atomic mass is 15.3. The van der Waals surface area contributed by atoms with Crippen LogP contribution in [0.4, 0.5) is 5.95 Å². The highest BCUT2D eigenvalue weighted by molar-refractivity contribution is 5.29. The number of piperazine rings is 1. The van der Waals surface area contributed by atoms with Gasteiger partial charge in [-0.2, -0.15) is 0 Å². The zero-order valence-corrected chi connectivity index (χ0v) is 14.2. The standard InChI is InChI=1S/C18H26N6/c1-2-5-15(6-3-1)17-21-13-16(22-17)14-23-9-11-24(12-10-23)18-19-7-4-8-20-18/h4,7-8,13,15H,1-3,5-6,9-12,14H2,(H,21,22). The average Bonchev–Trinajstić information content (AvgIpc) is 3.12. The molecule has 1 aliphatic heterocycles. The first kappa shape index (κ1) is 15.6. The van der Waals surface area contributed by atoms with Crippen LogP contribution >= 0.6 is 0 Å². The second-order valence-electron chi connectivity index (χ2n) is 6.94. The van der Waals surface area contributed by atoms with Crippen LogP contribution < -0.4 is 4.90 Å². The Balaban J connectivity index is 1.30. The van der Waals surface area contributed by atoms with Crippen LogP contribution in [0.15, 0.2) is 24.7 Å². The van der Waals surface area contributed by atoms with E-state index in [9.17, 15) is 0 Å². The lowest BCUT2D eigenvalue weighted by Gasteiger charge is -2.34. The second-order valence-corrected chi connectivity index (χ2v) is 6.94. The van der Waals surface area contributed by atoms with Crippen molar-refractivity contribution >= 4 is 5.95 Å². The zero-order chi connectivity index (χ0) is 16.2. The first-order valence-corrected chi connectivity index (χ1v) is 9.16. The van der Waals surface area contributed by atoms with Crippen LogP contribution in [0.25, 0.3) is 0 Å². The van der Waals surface area contributed by atoms with Gasteiger partial charge in [0.15, 0.2) is 0 Å². The van der Waals surface area contributed by atoms with Gasteiger partial charge >= 0.3 is 0 Å². The minimum Gasteiger partial charge on any atom is -0.345 e. The number of nitrogens with one attached hydrogen (secondary N) is 1. The summed E-state index contributed by atoms with van der Waals surface area (Å²) in [5, 5.41) is 0. The van der Waals surface area contributed by atoms with E-state index in [1.165, 1.54) is 43.6 Å². The van der Waals surface area contributed by atoms with Gasteiger partial charge in [0, 0.05) is 62.9 Å². The Morgan fingerprint density at radius 1 is 0.958 bits per heavy atom. The molecule has 1 N–H and O–H groups in total. The third kappa shape index (κ3) is 3.59. The van der Waals surface area contributed by atoms with Crippen LogP contribution in [-0.4, -0.2) is 51.0 Å². The van der Waals surface area contributed by atoms with Crippen LogP contribution in [0.5, 0.6) is 0 Å². The summed E-state index contributed by atoms with van der Waals surface area (Å²) in [5.74, 6) is 2.71. The topological polar surface area (TPSA) is 60.9 Å². The molecule has 1 saturated heterocycles. The molecule has 0 atom stereocenters. The van der Waals surface area contributed by atoms with E-state index in [1.807, 2.05) is 24.7 Å². The van der Waals surface area contributed by atoms with Crippen molar-refractivity contribution in [3.8, 4) is 0 Å². The van der Waals surface area contributed by atoms with Crippen molar-refractivity contribution < 1.29 is 0 Å². The maximum absolute atomic E-state index is 4.66. The molecule has 6 heteroatoms. The molecular weight excluding hydrogens is 300 g/mol. The normalized spacial score (nSPS) is 20.4. The van der Waals surface area contributed by atoms with Gasteiger partial charge in [0.2, 0.25) is 5.95 Å². The van der Waals surface area contributed by atoms with E-state index in [4.69, 9.17) is 0 Å². The molecule has 0 radical (unpaired) electrons. The number of nitrogens with zero attached hydrogens (tertiary/aromatic N) is 5. The molecule has 128 valence electrons. The Labute approximate surface area is 143 Å². The third-order valence-electron chi connectivity index (χ3n) is 5.24. The van der Waals surface area contributed by atoms with E-state index in [-0.39, 0.29) is 0 Å². The Kier molecular flexibility index (Phi) is 4.74. The highest BCUT2D eigenvalue weighted by Crippen LogP contribution is 2.30. The van der Waals surface area contributed by atoms with Gasteiger partial charge in [-0.05, 0) is 18.9 Å². The van der Waals surface area contributed by atoms with Crippen LogP contribution in [0, 0.1) is 0 Å². The smallest absolute Gasteiger partial charge is 0.225 e. The molecule has 2 aliphatic rings. The predicted octanol–water partition coefficient (Wildman–Crippen LogP) is 2.57. The summed E-state index contributed by atoms with van der Waals surface area (Å²) in [7, 11) is 0. The molecular formula is C18H26N6. The molecule has 1 saturated carbocycles. The number of aromatic amines is 1. The predicted molar refractivity (Wildman–Crippen MR) is 93.9 cm³/mol. The molecule has 6 nitrogen and oxygen atoms in total. The molecule has 0 bridgehead atoms. The van der Waals surface area contributed by atoms with Crippen molar-refractivity contribution in [2.75, 3.05) is 31.1 Å². The van der Waals surface area contributed by atoms with E-state index >= 15 is 0 Å². The lowest BCUT2D eigenvalue weighted by Crippen LogP contribution is -2.46. The van der Waals surface area contributed by atoms with Gasteiger partial charge < -0.3 is 9.88 Å². The number of rotatable bonds is 4. The van der Waals surface area contributed by atoms with Gasteiger partial charge in [0.1, 0.15) is 5.82 Å². The van der Waals surface area contributed by atoms with Crippen LogP contribution in [-0.2, 0) is 6.54 Å². The fourth-order valence-corrected chi connectivity index (χ4v) is 3.84. The van der Waals surface area contributed by atoms with Crippen LogP contribution in [0.2, 0.25) is 0 Å². The zero-order valence-electron chi connectivity index (χ0n) is 14.2. The van der Waals surface area contributed by atoms with Crippen molar-refractivity contribution in [1.82, 2.24) is 24.8 Å². The number of H-pyrrole nitrogens is 1. The number of anilines is 1. The summed E-state index contributed by atoms with van der Waals surface area (Å²) >= 11 is 0. The van der Waals surface area contributed by atoms with E-state index in [0.717, 1.165) is 38.7 Å². The van der Waals surface area contributed by atoms with Crippen molar-refractivity contribution in [2.24, 2.45) is 0 Å². The summed E-state index contributed by atoms with van der Waals surface area (Å²) in [4.78, 5) is 21.7. The fraction of sp³-hybridized carbons (Fsp3) is 0.611. The fourth-order valence-electron chi connectivity index (χ4n) is 3.84. The van der Waals surface area contributed by atoms with E-state index in [0.29, 0.717) is 5.92 Å². The summed E-state index contributed by atoms with van der Waals surface area (Å²) in [6.45, 7) is 5.00. The molecule has 0 unspecified atom stereocenters. The van der Waals surface area contributed by atoms with Crippen molar-refractivity contribution in [1.29, 1.82) is 0 Å². The Morgan fingerprint density at radius 3 is 2.46 bits per heavy atom. The van der Waals surface area contributed by atoms with Gasteiger partial charge in [-0.15, -0.1) is 0 Å². The number of imidazole rings is 1. The molecule has 24 heavy (non-hydrogen) atoms. The minimum absolute atomic E-state index is 0.652. The van der Waals surface area contributed by atoms with Crippen molar-refractivity contribution in [2.45, 2.75) is 44.6 Å². The van der Waals surface area contributed by atoms with Gasteiger partial charge in [-0.3, -0.25) is 4.90 Å². The molecule has 0 amide bonds. The first-order chi connectivity index (χ1) is 11.9. The molecule has 3 heterocycles. The molecule has 4 rings (SSSR count). The second kappa shape index (κ2) is 7.30. The Morgan fingerprint density at radius 2 is 1.71 bits per heavy atom. The third-order valence-corrected chi connectivity index (χ3v) is 5.24. The van der Waals surface area contributed by atoms with Crippen molar-refractivity contribution in [3.05, 3.63) is 36.2 Å². The molecule has 1 aliphatic carbocycles. The Hall–Kier alpha value is -1.95. The molecule has 0 aromatic carbocycles. The maximum atomic E-state index is 4.66. The first-order valence-electron chi connectivity index (χ1n) is 9.16. The van der Waals surface area contributed by atoms with E-state index in [2.05, 4.69) is 29.7 Å².